The standard InChI is InChI=1S/C8H14N2O6S/c1-2-16-8(13)10-17(14,15)9-6(7(11)12)5-3-4-5/h5-6,9H,2-4H2,1H3,(H,10,13)(H,11,12). The maximum absolute atomic E-state index is 11.4. The van der Waals surface area contributed by atoms with Gasteiger partial charge in [-0.25, -0.2) is 9.52 Å². The summed E-state index contributed by atoms with van der Waals surface area (Å²) in [6.07, 6.45) is 0.164. The highest BCUT2D eigenvalue weighted by Gasteiger charge is 2.39. The first-order valence-electron chi connectivity index (χ1n) is 5.05. The van der Waals surface area contributed by atoms with E-state index in [0.29, 0.717) is 12.8 Å². The molecule has 0 spiro atoms. The molecule has 8 nitrogen and oxygen atoms in total. The smallest absolute Gasteiger partial charge is 0.421 e. The Morgan fingerprint density at radius 1 is 1.47 bits per heavy atom. The lowest BCUT2D eigenvalue weighted by Gasteiger charge is -2.14. The molecule has 3 N–H and O–H groups in total. The summed E-state index contributed by atoms with van der Waals surface area (Å²) in [5.74, 6) is -1.48. The van der Waals surface area contributed by atoms with E-state index in [4.69, 9.17) is 5.11 Å². The van der Waals surface area contributed by atoms with Crippen LogP contribution in [0.1, 0.15) is 19.8 Å². The van der Waals surface area contributed by atoms with Gasteiger partial charge < -0.3 is 9.84 Å². The number of ether oxygens (including phenoxy) is 1. The van der Waals surface area contributed by atoms with Crippen LogP contribution in [0.3, 0.4) is 0 Å². The van der Waals surface area contributed by atoms with Crippen LogP contribution < -0.4 is 9.44 Å². The Morgan fingerprint density at radius 3 is 2.47 bits per heavy atom. The molecule has 9 heteroatoms. The van der Waals surface area contributed by atoms with Gasteiger partial charge in [-0.2, -0.15) is 13.1 Å². The predicted octanol–water partition coefficient (Wildman–Crippen LogP) is -0.570. The van der Waals surface area contributed by atoms with E-state index in [1.165, 1.54) is 6.92 Å². The first-order valence-corrected chi connectivity index (χ1v) is 6.53. The summed E-state index contributed by atoms with van der Waals surface area (Å²) in [7, 11) is -4.21. The molecule has 1 saturated carbocycles. The minimum Gasteiger partial charge on any atom is -0.480 e. The van der Waals surface area contributed by atoms with E-state index in [1.54, 1.807) is 4.72 Å². The Kier molecular flexibility index (Phi) is 4.29. The van der Waals surface area contributed by atoms with Crippen molar-refractivity contribution >= 4 is 22.3 Å². The first kappa shape index (κ1) is 13.7. The van der Waals surface area contributed by atoms with Crippen LogP contribution in [0.4, 0.5) is 4.79 Å². The molecule has 0 aromatic carbocycles. The van der Waals surface area contributed by atoms with Gasteiger partial charge in [0.1, 0.15) is 6.04 Å². The Hall–Kier alpha value is -1.35. The third-order valence-corrected chi connectivity index (χ3v) is 3.13. The van der Waals surface area contributed by atoms with Gasteiger partial charge in [0.2, 0.25) is 0 Å². The van der Waals surface area contributed by atoms with Gasteiger partial charge in [-0.1, -0.05) is 0 Å². The topological polar surface area (TPSA) is 122 Å². The van der Waals surface area contributed by atoms with Gasteiger partial charge in [0, 0.05) is 0 Å². The number of carboxylic acids is 1. The largest absolute Gasteiger partial charge is 0.480 e. The minimum absolute atomic E-state index is 0.0202. The zero-order valence-electron chi connectivity index (χ0n) is 9.17. The van der Waals surface area contributed by atoms with Gasteiger partial charge in [0.25, 0.3) is 0 Å². The fourth-order valence-corrected chi connectivity index (χ4v) is 2.21. The van der Waals surface area contributed by atoms with E-state index in [1.807, 2.05) is 4.72 Å². The quantitative estimate of drug-likeness (QED) is 0.592. The van der Waals surface area contributed by atoms with Crippen molar-refractivity contribution in [3.63, 3.8) is 0 Å². The molecule has 1 aliphatic rings. The van der Waals surface area contributed by atoms with Crippen molar-refractivity contribution in [2.45, 2.75) is 25.8 Å². The zero-order valence-corrected chi connectivity index (χ0v) is 9.99. The lowest BCUT2D eigenvalue weighted by atomic mass is 10.2. The van der Waals surface area contributed by atoms with Gasteiger partial charge in [-0.3, -0.25) is 4.79 Å². The predicted molar refractivity (Wildman–Crippen MR) is 56.4 cm³/mol. The average Bonchev–Trinajstić information content (AvgIpc) is 2.96. The number of carbonyl (C=O) groups is 2. The summed E-state index contributed by atoms with van der Waals surface area (Å²) < 4.78 is 30.6. The fraction of sp³-hybridized carbons (Fsp3) is 0.750. The second kappa shape index (κ2) is 5.32. The molecule has 0 saturated heterocycles. The van der Waals surface area contributed by atoms with Crippen LogP contribution in [-0.2, 0) is 19.7 Å². The molecule has 0 bridgehead atoms. The lowest BCUT2D eigenvalue weighted by Crippen LogP contribution is -2.49. The molecule has 0 heterocycles. The maximum Gasteiger partial charge on any atom is 0.421 e. The molecule has 0 aliphatic heterocycles. The summed E-state index contributed by atoms with van der Waals surface area (Å²) in [5.41, 5.74) is 0. The van der Waals surface area contributed by atoms with Gasteiger partial charge in [0.05, 0.1) is 6.61 Å². The van der Waals surface area contributed by atoms with Crippen molar-refractivity contribution in [2.24, 2.45) is 5.92 Å². The molecule has 1 rings (SSSR count). The van der Waals surface area contributed by atoms with Crippen LogP contribution in [0.15, 0.2) is 0 Å². The monoisotopic (exact) mass is 266 g/mol. The van der Waals surface area contributed by atoms with Gasteiger partial charge >= 0.3 is 22.3 Å². The average molecular weight is 266 g/mol. The third kappa shape index (κ3) is 4.57. The summed E-state index contributed by atoms with van der Waals surface area (Å²) in [5, 5.41) is 8.81. The Labute approximate surface area is 98.5 Å². The number of aliphatic carboxylic acids is 1. The molecule has 0 aromatic heterocycles. The highest BCUT2D eigenvalue weighted by molar-refractivity contribution is 7.88. The SMILES string of the molecule is CCOC(=O)NS(=O)(=O)NC(C(=O)O)C1CC1. The van der Waals surface area contributed by atoms with Crippen LogP contribution >= 0.6 is 0 Å². The molecule has 98 valence electrons. The molecule has 0 radical (unpaired) electrons. The molecule has 1 fully saturated rings. The van der Waals surface area contributed by atoms with E-state index >= 15 is 0 Å². The second-order valence-electron chi connectivity index (χ2n) is 3.60. The molecular formula is C8H14N2O6S. The van der Waals surface area contributed by atoms with Crippen LogP contribution in [0.25, 0.3) is 0 Å². The maximum atomic E-state index is 11.4. The molecule has 1 amide bonds. The summed E-state index contributed by atoms with van der Waals surface area (Å²) in [6.45, 7) is 1.54. The van der Waals surface area contributed by atoms with Crippen LogP contribution in [0.5, 0.6) is 0 Å². The van der Waals surface area contributed by atoms with Crippen molar-refractivity contribution in [2.75, 3.05) is 6.61 Å². The van der Waals surface area contributed by atoms with E-state index in [2.05, 4.69) is 4.74 Å². The van der Waals surface area contributed by atoms with E-state index < -0.39 is 28.3 Å². The van der Waals surface area contributed by atoms with Gasteiger partial charge in [-0.05, 0) is 25.7 Å². The zero-order chi connectivity index (χ0) is 13.1. The highest BCUT2D eigenvalue weighted by Crippen LogP contribution is 2.32. The molecule has 1 atom stereocenters. The first-order chi connectivity index (χ1) is 7.85. The van der Waals surface area contributed by atoms with Crippen molar-refractivity contribution in [1.29, 1.82) is 0 Å². The van der Waals surface area contributed by atoms with Crippen molar-refractivity contribution in [3.8, 4) is 0 Å². The van der Waals surface area contributed by atoms with Crippen molar-refractivity contribution in [1.82, 2.24) is 9.44 Å². The normalized spacial score (nSPS) is 17.2. The van der Waals surface area contributed by atoms with Crippen LogP contribution in [0.2, 0.25) is 0 Å². The second-order valence-corrected chi connectivity index (χ2v) is 5.04. The van der Waals surface area contributed by atoms with E-state index in [0.717, 1.165) is 0 Å². The van der Waals surface area contributed by atoms with Crippen molar-refractivity contribution < 1.29 is 27.9 Å². The number of hydrogen-bond acceptors (Lipinski definition) is 5. The van der Waals surface area contributed by atoms with E-state index in [-0.39, 0.29) is 12.5 Å². The lowest BCUT2D eigenvalue weighted by molar-refractivity contribution is -0.139. The number of amides is 1. The molecule has 1 aliphatic carbocycles. The number of rotatable bonds is 6. The minimum atomic E-state index is -4.21. The van der Waals surface area contributed by atoms with Crippen molar-refractivity contribution in [3.05, 3.63) is 0 Å². The fourth-order valence-electron chi connectivity index (χ4n) is 1.24. The summed E-state index contributed by atoms with van der Waals surface area (Å²) in [4.78, 5) is 21.7. The van der Waals surface area contributed by atoms with Crippen LogP contribution in [0, 0.1) is 5.92 Å². The number of hydrogen-bond donors (Lipinski definition) is 3. The molecule has 0 aromatic rings. The Bertz CT molecular complexity index is 402. The third-order valence-electron chi connectivity index (χ3n) is 2.13. The Balaban J connectivity index is 2.58. The molecular weight excluding hydrogens is 252 g/mol. The van der Waals surface area contributed by atoms with Gasteiger partial charge in [0.15, 0.2) is 0 Å². The number of carboxylic acid groups (broad SMARTS) is 1. The highest BCUT2D eigenvalue weighted by atomic mass is 32.2. The molecule has 17 heavy (non-hydrogen) atoms. The summed E-state index contributed by atoms with van der Waals surface area (Å²) in [6, 6.07) is -1.21. The number of nitrogens with one attached hydrogen (secondary N) is 2. The summed E-state index contributed by atoms with van der Waals surface area (Å²) >= 11 is 0. The van der Waals surface area contributed by atoms with Gasteiger partial charge in [-0.15, -0.1) is 0 Å². The van der Waals surface area contributed by atoms with E-state index in [9.17, 15) is 18.0 Å². The molecule has 1 unspecified atom stereocenters. The van der Waals surface area contributed by atoms with Crippen LogP contribution in [-0.4, -0.2) is 38.2 Å². The number of carbonyl (C=O) groups excluding carboxylic acids is 1. The Morgan fingerprint density at radius 2 is 2.06 bits per heavy atom.